The van der Waals surface area contributed by atoms with Crippen LogP contribution in [0.2, 0.25) is 0 Å². The molecule has 3 aromatic carbocycles. The quantitative estimate of drug-likeness (QED) is 0.395. The van der Waals surface area contributed by atoms with E-state index in [1.165, 1.54) is 11.1 Å². The normalized spacial score (nSPS) is 10.5. The number of nitrogens with two attached hydrogens (primary N) is 1. The Morgan fingerprint density at radius 3 is 2.45 bits per heavy atom. The Morgan fingerprint density at radius 1 is 0.903 bits per heavy atom. The summed E-state index contributed by atoms with van der Waals surface area (Å²) in [4.78, 5) is 17.3. The first-order valence-corrected chi connectivity index (χ1v) is 10.2. The van der Waals surface area contributed by atoms with E-state index in [1.54, 1.807) is 0 Å². The summed E-state index contributed by atoms with van der Waals surface area (Å²) in [5.41, 5.74) is 12.4. The predicted octanol–water partition coefficient (Wildman–Crippen LogP) is 5.97. The molecule has 1 heterocycles. The maximum absolute atomic E-state index is 12.8. The SMILES string of the molecule is Cc1cc(N)c2cc(NC(=O)c3cccc(CCCc4ccccc4)c3)ccc2n1.Cl. The average Bonchev–Trinajstić information content (AvgIpc) is 2.75. The number of fused-ring (bicyclic) bond motifs is 1. The van der Waals surface area contributed by atoms with Gasteiger partial charge in [0.05, 0.1) is 5.52 Å². The third-order valence-corrected chi connectivity index (χ3v) is 5.19. The van der Waals surface area contributed by atoms with Crippen LogP contribution in [0, 0.1) is 6.92 Å². The van der Waals surface area contributed by atoms with E-state index in [0.717, 1.165) is 35.9 Å². The van der Waals surface area contributed by atoms with Crippen molar-refractivity contribution in [1.29, 1.82) is 0 Å². The molecule has 158 valence electrons. The topological polar surface area (TPSA) is 68.0 Å². The van der Waals surface area contributed by atoms with Crippen LogP contribution in [0.3, 0.4) is 0 Å². The van der Waals surface area contributed by atoms with E-state index in [0.29, 0.717) is 16.9 Å². The second kappa shape index (κ2) is 10.1. The summed E-state index contributed by atoms with van der Waals surface area (Å²) < 4.78 is 0. The standard InChI is InChI=1S/C26H25N3O.ClH/c1-18-15-24(27)23-17-22(13-14-25(23)28-18)29-26(30)21-12-6-11-20(16-21)10-5-9-19-7-3-2-4-8-19;/h2-4,6-8,11-17H,5,9-10H2,1H3,(H2,27,28)(H,29,30);1H. The molecule has 4 nitrogen and oxygen atoms in total. The summed E-state index contributed by atoms with van der Waals surface area (Å²) in [6.07, 6.45) is 3.02. The van der Waals surface area contributed by atoms with Crippen molar-refractivity contribution in [2.24, 2.45) is 0 Å². The number of carbonyl (C=O) groups excluding carboxylic acids is 1. The first-order valence-electron chi connectivity index (χ1n) is 10.2. The van der Waals surface area contributed by atoms with Crippen LogP contribution in [0.4, 0.5) is 11.4 Å². The van der Waals surface area contributed by atoms with E-state index >= 15 is 0 Å². The molecule has 4 rings (SSSR count). The number of amides is 1. The minimum atomic E-state index is -0.127. The molecule has 1 amide bonds. The van der Waals surface area contributed by atoms with E-state index in [9.17, 15) is 4.79 Å². The lowest BCUT2D eigenvalue weighted by Crippen LogP contribution is -2.12. The van der Waals surface area contributed by atoms with Gasteiger partial charge >= 0.3 is 0 Å². The van der Waals surface area contributed by atoms with Crippen LogP contribution in [0.25, 0.3) is 10.9 Å². The fraction of sp³-hybridized carbons (Fsp3) is 0.154. The number of aromatic nitrogens is 1. The van der Waals surface area contributed by atoms with Crippen molar-refractivity contribution >= 4 is 40.6 Å². The van der Waals surface area contributed by atoms with Gasteiger partial charge in [-0.15, -0.1) is 12.4 Å². The van der Waals surface area contributed by atoms with E-state index in [2.05, 4.69) is 40.6 Å². The number of nitrogens with one attached hydrogen (secondary N) is 1. The Morgan fingerprint density at radius 2 is 1.65 bits per heavy atom. The van der Waals surface area contributed by atoms with E-state index in [4.69, 9.17) is 5.73 Å². The van der Waals surface area contributed by atoms with Gasteiger partial charge in [-0.3, -0.25) is 9.78 Å². The molecule has 0 fully saturated rings. The molecule has 0 saturated heterocycles. The predicted molar refractivity (Wildman–Crippen MR) is 131 cm³/mol. The van der Waals surface area contributed by atoms with Gasteiger partial charge in [-0.1, -0.05) is 42.5 Å². The molecule has 0 unspecified atom stereocenters. The minimum absolute atomic E-state index is 0. The number of rotatable bonds is 6. The fourth-order valence-corrected chi connectivity index (χ4v) is 3.68. The molecule has 1 aromatic heterocycles. The monoisotopic (exact) mass is 431 g/mol. The summed E-state index contributed by atoms with van der Waals surface area (Å²) in [5, 5.41) is 3.82. The number of anilines is 2. The lowest BCUT2D eigenvalue weighted by Gasteiger charge is -2.09. The van der Waals surface area contributed by atoms with Crippen LogP contribution in [0.5, 0.6) is 0 Å². The summed E-state index contributed by atoms with van der Waals surface area (Å²) in [5.74, 6) is -0.127. The molecule has 0 atom stereocenters. The molecule has 4 aromatic rings. The smallest absolute Gasteiger partial charge is 0.255 e. The second-order valence-electron chi connectivity index (χ2n) is 7.58. The van der Waals surface area contributed by atoms with Gasteiger partial charge in [0.15, 0.2) is 0 Å². The van der Waals surface area contributed by atoms with Crippen molar-refractivity contribution in [1.82, 2.24) is 4.98 Å². The van der Waals surface area contributed by atoms with Gasteiger partial charge < -0.3 is 11.1 Å². The zero-order valence-electron chi connectivity index (χ0n) is 17.5. The first-order chi connectivity index (χ1) is 14.6. The summed E-state index contributed by atoms with van der Waals surface area (Å²) in [7, 11) is 0. The fourth-order valence-electron chi connectivity index (χ4n) is 3.68. The van der Waals surface area contributed by atoms with Crippen LogP contribution < -0.4 is 11.1 Å². The van der Waals surface area contributed by atoms with Crippen molar-refractivity contribution in [2.45, 2.75) is 26.2 Å². The van der Waals surface area contributed by atoms with Gasteiger partial charge in [-0.2, -0.15) is 0 Å². The van der Waals surface area contributed by atoms with Gasteiger partial charge in [-0.05, 0) is 73.7 Å². The Labute approximate surface area is 188 Å². The van der Waals surface area contributed by atoms with Crippen molar-refractivity contribution in [3.63, 3.8) is 0 Å². The lowest BCUT2D eigenvalue weighted by molar-refractivity contribution is 0.102. The highest BCUT2D eigenvalue weighted by atomic mass is 35.5. The number of hydrogen-bond donors (Lipinski definition) is 2. The highest BCUT2D eigenvalue weighted by Gasteiger charge is 2.09. The number of nitrogen functional groups attached to an aromatic ring is 1. The third kappa shape index (κ3) is 5.62. The zero-order chi connectivity index (χ0) is 20.9. The maximum Gasteiger partial charge on any atom is 0.255 e. The van der Waals surface area contributed by atoms with Crippen LogP contribution in [-0.2, 0) is 12.8 Å². The zero-order valence-corrected chi connectivity index (χ0v) is 18.3. The van der Waals surface area contributed by atoms with Gasteiger partial charge in [0.25, 0.3) is 5.91 Å². The average molecular weight is 432 g/mol. The van der Waals surface area contributed by atoms with Crippen LogP contribution in [-0.4, -0.2) is 10.9 Å². The molecule has 0 bridgehead atoms. The van der Waals surface area contributed by atoms with E-state index in [-0.39, 0.29) is 18.3 Å². The molecule has 3 N–H and O–H groups in total. The van der Waals surface area contributed by atoms with Crippen molar-refractivity contribution in [2.75, 3.05) is 11.1 Å². The Bertz CT molecular complexity index is 1190. The van der Waals surface area contributed by atoms with E-state index in [1.807, 2.05) is 55.5 Å². The molecule has 5 heteroatoms. The molecule has 0 aliphatic heterocycles. The highest BCUT2D eigenvalue weighted by Crippen LogP contribution is 2.24. The summed E-state index contributed by atoms with van der Waals surface area (Å²) in [6, 6.07) is 25.8. The van der Waals surface area contributed by atoms with Gasteiger partial charge in [-0.25, -0.2) is 0 Å². The number of hydrogen-bond acceptors (Lipinski definition) is 3. The maximum atomic E-state index is 12.8. The van der Waals surface area contributed by atoms with Gasteiger partial charge in [0.1, 0.15) is 0 Å². The number of nitrogens with zero attached hydrogens (tertiary/aromatic N) is 1. The third-order valence-electron chi connectivity index (χ3n) is 5.19. The lowest BCUT2D eigenvalue weighted by atomic mass is 10.0. The van der Waals surface area contributed by atoms with Crippen LogP contribution in [0.1, 0.15) is 33.6 Å². The van der Waals surface area contributed by atoms with Crippen molar-refractivity contribution in [3.05, 3.63) is 101 Å². The molecular formula is C26H26ClN3O. The summed E-state index contributed by atoms with van der Waals surface area (Å²) in [6.45, 7) is 1.92. The van der Waals surface area contributed by atoms with Crippen LogP contribution in [0.15, 0.2) is 78.9 Å². The van der Waals surface area contributed by atoms with Crippen molar-refractivity contribution in [3.8, 4) is 0 Å². The number of carbonyl (C=O) groups is 1. The summed E-state index contributed by atoms with van der Waals surface area (Å²) >= 11 is 0. The Balaban J connectivity index is 0.00000272. The number of pyridine rings is 1. The molecule has 0 radical (unpaired) electrons. The first kappa shape index (κ1) is 22.3. The molecule has 0 saturated carbocycles. The number of aryl methyl sites for hydroxylation is 3. The molecular weight excluding hydrogens is 406 g/mol. The van der Waals surface area contributed by atoms with Crippen molar-refractivity contribution < 1.29 is 4.79 Å². The molecule has 0 aliphatic carbocycles. The van der Waals surface area contributed by atoms with E-state index < -0.39 is 0 Å². The minimum Gasteiger partial charge on any atom is -0.398 e. The number of halogens is 1. The second-order valence-corrected chi connectivity index (χ2v) is 7.58. The number of benzene rings is 3. The Hall–Kier alpha value is -3.37. The highest BCUT2D eigenvalue weighted by molar-refractivity contribution is 6.05. The van der Waals surface area contributed by atoms with Gasteiger partial charge in [0, 0.05) is 28.0 Å². The van der Waals surface area contributed by atoms with Gasteiger partial charge in [0.2, 0.25) is 0 Å². The largest absolute Gasteiger partial charge is 0.398 e. The Kier molecular flexibility index (Phi) is 7.27. The molecule has 0 aliphatic rings. The molecule has 31 heavy (non-hydrogen) atoms. The molecule has 0 spiro atoms. The van der Waals surface area contributed by atoms with Crippen LogP contribution >= 0.6 is 12.4 Å².